The molecule has 36 heavy (non-hydrogen) atoms. The second-order valence-electron chi connectivity index (χ2n) is 9.91. The summed E-state index contributed by atoms with van der Waals surface area (Å²) >= 11 is 3.53. The summed E-state index contributed by atoms with van der Waals surface area (Å²) in [6.07, 6.45) is 6.76. The van der Waals surface area contributed by atoms with Crippen molar-refractivity contribution in [2.24, 2.45) is 5.41 Å². The molecule has 6 rings (SSSR count). The second kappa shape index (κ2) is 8.68. The highest BCUT2D eigenvalue weighted by Crippen LogP contribution is 2.42. The van der Waals surface area contributed by atoms with Crippen LogP contribution in [0.25, 0.3) is 33.9 Å². The predicted octanol–water partition coefficient (Wildman–Crippen LogP) is 6.70. The van der Waals surface area contributed by atoms with E-state index < -0.39 is 0 Å². The van der Waals surface area contributed by atoms with Gasteiger partial charge in [0.05, 0.1) is 28.3 Å². The minimum atomic E-state index is -0.138. The first-order valence-electron chi connectivity index (χ1n) is 11.9. The Balaban J connectivity index is 1.66. The molecule has 1 aliphatic carbocycles. The van der Waals surface area contributed by atoms with E-state index in [9.17, 15) is 4.79 Å². The number of fused-ring (bicyclic) bond motifs is 1. The summed E-state index contributed by atoms with van der Waals surface area (Å²) in [4.78, 5) is 18.0. The Hall–Kier alpha value is -3.84. The second-order valence-corrected chi connectivity index (χ2v) is 10.8. The summed E-state index contributed by atoms with van der Waals surface area (Å²) in [7, 11) is 0. The Kier molecular flexibility index (Phi) is 5.45. The number of benzene rings is 2. The lowest BCUT2D eigenvalue weighted by Gasteiger charge is -2.27. The SMILES string of the molecule is CC1(C)CC(=O)c2c(nn(-c3ccc(Br)cc3)c2-c2cn(-c3ccccc3)nc2-c2cccnc2)C1. The normalized spacial score (nSPS) is 14.6. The first-order valence-corrected chi connectivity index (χ1v) is 12.7. The highest BCUT2D eigenvalue weighted by atomic mass is 79.9. The molecule has 0 atom stereocenters. The molecule has 3 heterocycles. The van der Waals surface area contributed by atoms with Gasteiger partial charge in [-0.3, -0.25) is 9.78 Å². The van der Waals surface area contributed by atoms with Crippen LogP contribution in [0.15, 0.2) is 89.8 Å². The number of ketones is 1. The summed E-state index contributed by atoms with van der Waals surface area (Å²) in [5.41, 5.74) is 6.45. The van der Waals surface area contributed by atoms with E-state index >= 15 is 0 Å². The first kappa shape index (κ1) is 22.6. The molecule has 0 unspecified atom stereocenters. The number of hydrogen-bond acceptors (Lipinski definition) is 4. The van der Waals surface area contributed by atoms with Crippen LogP contribution in [0.1, 0.15) is 36.3 Å². The topological polar surface area (TPSA) is 65.6 Å². The zero-order chi connectivity index (χ0) is 24.9. The van der Waals surface area contributed by atoms with Gasteiger partial charge in [0.1, 0.15) is 5.69 Å². The zero-order valence-corrected chi connectivity index (χ0v) is 21.6. The minimum Gasteiger partial charge on any atom is -0.294 e. The van der Waals surface area contributed by atoms with Crippen molar-refractivity contribution in [3.8, 4) is 33.9 Å². The summed E-state index contributed by atoms with van der Waals surface area (Å²) in [6.45, 7) is 4.25. The molecule has 178 valence electrons. The van der Waals surface area contributed by atoms with E-state index in [1.165, 1.54) is 0 Å². The quantitative estimate of drug-likeness (QED) is 0.255. The Morgan fingerprint density at radius 3 is 2.39 bits per heavy atom. The zero-order valence-electron chi connectivity index (χ0n) is 20.0. The lowest BCUT2D eigenvalue weighted by molar-refractivity contribution is 0.0912. The highest BCUT2D eigenvalue weighted by molar-refractivity contribution is 9.10. The smallest absolute Gasteiger partial charge is 0.167 e. The molecule has 0 aliphatic heterocycles. The number of rotatable bonds is 4. The molecular weight excluding hydrogens is 514 g/mol. The van der Waals surface area contributed by atoms with Gasteiger partial charge in [-0.2, -0.15) is 10.2 Å². The summed E-state index contributed by atoms with van der Waals surface area (Å²) in [6, 6.07) is 21.9. The number of hydrogen-bond donors (Lipinski definition) is 0. The van der Waals surface area contributed by atoms with Gasteiger partial charge >= 0.3 is 0 Å². The summed E-state index contributed by atoms with van der Waals surface area (Å²) in [5, 5.41) is 9.99. The fraction of sp³-hybridized carbons (Fsp3) is 0.172. The summed E-state index contributed by atoms with van der Waals surface area (Å²) < 4.78 is 4.75. The Bertz CT molecular complexity index is 1570. The molecule has 0 saturated carbocycles. The largest absolute Gasteiger partial charge is 0.294 e. The van der Waals surface area contributed by atoms with Crippen molar-refractivity contribution >= 4 is 21.7 Å². The van der Waals surface area contributed by atoms with Crippen LogP contribution in [-0.4, -0.2) is 30.3 Å². The van der Waals surface area contributed by atoms with Crippen molar-refractivity contribution in [1.29, 1.82) is 0 Å². The monoisotopic (exact) mass is 537 g/mol. The molecule has 0 saturated heterocycles. The van der Waals surface area contributed by atoms with Crippen LogP contribution in [0.3, 0.4) is 0 Å². The number of carbonyl (C=O) groups excluding carboxylic acids is 1. The molecule has 0 bridgehead atoms. The molecule has 3 aromatic heterocycles. The van der Waals surface area contributed by atoms with Gasteiger partial charge in [0.25, 0.3) is 0 Å². The number of halogens is 1. The van der Waals surface area contributed by atoms with E-state index in [-0.39, 0.29) is 11.2 Å². The van der Waals surface area contributed by atoms with E-state index in [0.29, 0.717) is 12.0 Å². The molecule has 0 radical (unpaired) electrons. The van der Waals surface area contributed by atoms with Crippen molar-refractivity contribution in [3.63, 3.8) is 0 Å². The van der Waals surface area contributed by atoms with Gasteiger partial charge in [0.15, 0.2) is 5.78 Å². The van der Waals surface area contributed by atoms with Crippen LogP contribution in [-0.2, 0) is 6.42 Å². The van der Waals surface area contributed by atoms with Crippen molar-refractivity contribution in [2.45, 2.75) is 26.7 Å². The maximum Gasteiger partial charge on any atom is 0.167 e. The van der Waals surface area contributed by atoms with Gasteiger partial charge in [-0.15, -0.1) is 0 Å². The van der Waals surface area contributed by atoms with Crippen molar-refractivity contribution in [3.05, 3.63) is 101 Å². The van der Waals surface area contributed by atoms with E-state index in [2.05, 4.69) is 34.8 Å². The molecule has 2 aromatic carbocycles. The third kappa shape index (κ3) is 3.99. The molecule has 0 spiro atoms. The van der Waals surface area contributed by atoms with Crippen molar-refractivity contribution in [2.75, 3.05) is 0 Å². The number of Topliss-reactive ketones (excluding diaryl/α,β-unsaturated/α-hetero) is 1. The van der Waals surface area contributed by atoms with Crippen LogP contribution < -0.4 is 0 Å². The van der Waals surface area contributed by atoms with Crippen LogP contribution in [0.5, 0.6) is 0 Å². The lowest BCUT2D eigenvalue weighted by atomic mass is 9.75. The van der Waals surface area contributed by atoms with Gasteiger partial charge in [-0.1, -0.05) is 48.0 Å². The Morgan fingerprint density at radius 2 is 1.67 bits per heavy atom. The van der Waals surface area contributed by atoms with Gasteiger partial charge in [0.2, 0.25) is 0 Å². The number of carbonyl (C=O) groups is 1. The maximum absolute atomic E-state index is 13.6. The molecular formula is C29H24BrN5O. The highest BCUT2D eigenvalue weighted by Gasteiger charge is 2.38. The number of pyridine rings is 1. The molecule has 5 aromatic rings. The lowest BCUT2D eigenvalue weighted by Crippen LogP contribution is -2.26. The van der Waals surface area contributed by atoms with E-state index in [0.717, 1.165) is 50.5 Å². The maximum atomic E-state index is 13.6. The molecule has 0 N–H and O–H groups in total. The van der Waals surface area contributed by atoms with E-state index in [4.69, 9.17) is 10.2 Å². The third-order valence-corrected chi connectivity index (χ3v) is 7.05. The van der Waals surface area contributed by atoms with Gasteiger partial charge in [0, 0.05) is 40.6 Å². The standard InChI is InChI=1S/C29H24BrN5O/c1-29(2)15-24-26(25(36)16-29)28(35(32-24)22-12-10-20(30)11-13-22)23-18-34(21-8-4-3-5-9-21)33-27(23)19-7-6-14-31-17-19/h3-14,17-18H,15-16H2,1-2H3. The average Bonchev–Trinajstić information content (AvgIpc) is 3.47. The predicted molar refractivity (Wildman–Crippen MR) is 143 cm³/mol. The summed E-state index contributed by atoms with van der Waals surface area (Å²) in [5.74, 6) is 0.115. The fourth-order valence-corrected chi connectivity index (χ4v) is 5.18. The van der Waals surface area contributed by atoms with Crippen LogP contribution in [0.2, 0.25) is 0 Å². The van der Waals surface area contributed by atoms with E-state index in [1.807, 2.05) is 82.3 Å². The minimum absolute atomic E-state index is 0.115. The van der Waals surface area contributed by atoms with Gasteiger partial charge in [-0.25, -0.2) is 9.36 Å². The molecule has 1 aliphatic rings. The molecule has 0 amide bonds. The van der Waals surface area contributed by atoms with Crippen LogP contribution >= 0.6 is 15.9 Å². The molecule has 7 heteroatoms. The number of para-hydroxylation sites is 1. The molecule has 6 nitrogen and oxygen atoms in total. The number of nitrogens with zero attached hydrogens (tertiary/aromatic N) is 5. The molecule has 0 fully saturated rings. The first-order chi connectivity index (χ1) is 17.4. The van der Waals surface area contributed by atoms with Crippen LogP contribution in [0, 0.1) is 5.41 Å². The van der Waals surface area contributed by atoms with Crippen molar-refractivity contribution < 1.29 is 4.79 Å². The van der Waals surface area contributed by atoms with E-state index in [1.54, 1.807) is 12.4 Å². The van der Waals surface area contributed by atoms with Crippen molar-refractivity contribution in [1.82, 2.24) is 24.5 Å². The average molecular weight is 538 g/mol. The van der Waals surface area contributed by atoms with Crippen LogP contribution in [0.4, 0.5) is 0 Å². The number of aromatic nitrogens is 5. The van der Waals surface area contributed by atoms with Gasteiger partial charge < -0.3 is 0 Å². The third-order valence-electron chi connectivity index (χ3n) is 6.52. The Labute approximate surface area is 217 Å². The van der Waals surface area contributed by atoms with Gasteiger partial charge in [-0.05, 0) is 60.4 Å². The fourth-order valence-electron chi connectivity index (χ4n) is 4.91. The Morgan fingerprint density at radius 1 is 0.889 bits per heavy atom.